The number of nitrogens with zero attached hydrogens (tertiary/aromatic N) is 3. The Morgan fingerprint density at radius 1 is 1.20 bits per heavy atom. The van der Waals surface area contributed by atoms with Crippen molar-refractivity contribution in [2.24, 2.45) is 0 Å². The van der Waals surface area contributed by atoms with Crippen LogP contribution in [0.4, 0.5) is 0 Å². The van der Waals surface area contributed by atoms with Crippen molar-refractivity contribution in [3.05, 3.63) is 59.4 Å². The summed E-state index contributed by atoms with van der Waals surface area (Å²) in [6, 6.07) is 13.2. The second kappa shape index (κ2) is 8.37. The number of rotatable bonds is 6. The molecule has 158 valence electrons. The molecule has 1 aliphatic heterocycles. The number of aromatic nitrogens is 2. The smallest absolute Gasteiger partial charge is 0.243 e. The van der Waals surface area contributed by atoms with Crippen LogP contribution in [0, 0.1) is 6.92 Å². The van der Waals surface area contributed by atoms with E-state index in [1.165, 1.54) is 28.6 Å². The highest BCUT2D eigenvalue weighted by Crippen LogP contribution is 2.27. The number of fused-ring (bicyclic) bond motifs is 1. The highest BCUT2D eigenvalue weighted by molar-refractivity contribution is 7.89. The quantitative estimate of drug-likeness (QED) is 0.630. The van der Waals surface area contributed by atoms with Crippen LogP contribution in [0.2, 0.25) is 5.02 Å². The van der Waals surface area contributed by atoms with Gasteiger partial charge in [-0.25, -0.2) is 13.4 Å². The van der Waals surface area contributed by atoms with E-state index in [4.69, 9.17) is 11.6 Å². The Morgan fingerprint density at radius 2 is 1.93 bits per heavy atom. The molecule has 30 heavy (non-hydrogen) atoms. The number of imidazole rings is 1. The normalized spacial score (nSPS) is 17.5. The van der Waals surface area contributed by atoms with Gasteiger partial charge in [-0.05, 0) is 56.2 Å². The number of carbonyl (C=O) groups excluding carboxylic acids is 1. The van der Waals surface area contributed by atoms with Crippen LogP contribution in [-0.2, 0) is 21.4 Å². The Labute approximate surface area is 180 Å². The zero-order valence-corrected chi connectivity index (χ0v) is 18.2. The second-order valence-electron chi connectivity index (χ2n) is 7.32. The number of sulfonamides is 1. The Kier molecular flexibility index (Phi) is 5.81. The molecule has 2 aromatic carbocycles. The largest absolute Gasteiger partial charge is 0.353 e. The fourth-order valence-electron chi connectivity index (χ4n) is 3.92. The van der Waals surface area contributed by atoms with Gasteiger partial charge < -0.3 is 9.88 Å². The average Bonchev–Trinajstić information content (AvgIpc) is 3.34. The molecule has 9 heteroatoms. The summed E-state index contributed by atoms with van der Waals surface area (Å²) in [5.41, 5.74) is 1.93. The van der Waals surface area contributed by atoms with Gasteiger partial charge in [-0.1, -0.05) is 23.7 Å². The Balaban J connectivity index is 1.44. The van der Waals surface area contributed by atoms with E-state index in [1.807, 2.05) is 35.8 Å². The van der Waals surface area contributed by atoms with Crippen molar-refractivity contribution >= 4 is 38.6 Å². The molecule has 7 nitrogen and oxygen atoms in total. The molecule has 1 amide bonds. The molecule has 0 aliphatic carbocycles. The Morgan fingerprint density at radius 3 is 2.70 bits per heavy atom. The van der Waals surface area contributed by atoms with E-state index in [-0.39, 0.29) is 10.8 Å². The topological polar surface area (TPSA) is 84.3 Å². The maximum absolute atomic E-state index is 13.0. The monoisotopic (exact) mass is 446 g/mol. The number of halogens is 1. The summed E-state index contributed by atoms with van der Waals surface area (Å²) in [6.45, 7) is 3.22. The van der Waals surface area contributed by atoms with Crippen LogP contribution < -0.4 is 5.32 Å². The molecule has 1 aromatic heterocycles. The number of carbonyl (C=O) groups is 1. The minimum absolute atomic E-state index is 0.145. The minimum Gasteiger partial charge on any atom is -0.353 e. The minimum atomic E-state index is -3.75. The molecule has 1 fully saturated rings. The number of para-hydroxylation sites is 2. The lowest BCUT2D eigenvalue weighted by Gasteiger charge is -2.23. The highest BCUT2D eigenvalue weighted by Gasteiger charge is 2.39. The Bertz CT molecular complexity index is 1170. The van der Waals surface area contributed by atoms with Crippen molar-refractivity contribution in [2.45, 2.75) is 37.2 Å². The van der Waals surface area contributed by atoms with Crippen LogP contribution in [0.15, 0.2) is 53.4 Å². The summed E-state index contributed by atoms with van der Waals surface area (Å²) >= 11 is 5.87. The van der Waals surface area contributed by atoms with Crippen LogP contribution in [0.5, 0.6) is 0 Å². The van der Waals surface area contributed by atoms with Gasteiger partial charge in [-0.2, -0.15) is 4.31 Å². The average molecular weight is 447 g/mol. The van der Waals surface area contributed by atoms with Crippen LogP contribution >= 0.6 is 11.6 Å². The molecule has 0 unspecified atom stereocenters. The summed E-state index contributed by atoms with van der Waals surface area (Å²) < 4.78 is 29.3. The van der Waals surface area contributed by atoms with E-state index in [1.54, 1.807) is 0 Å². The summed E-state index contributed by atoms with van der Waals surface area (Å²) in [5.74, 6) is 0.602. The molecule has 4 rings (SSSR count). The number of amides is 1. The van der Waals surface area contributed by atoms with Gasteiger partial charge in [0.1, 0.15) is 11.9 Å². The SMILES string of the molecule is Cc1nc2ccccc2n1CCNC(=O)[C@@H]1CCCN1S(=O)(=O)c1ccc(Cl)cc1. The lowest BCUT2D eigenvalue weighted by Crippen LogP contribution is -2.46. The molecule has 0 radical (unpaired) electrons. The van der Waals surface area contributed by atoms with Crippen molar-refractivity contribution < 1.29 is 13.2 Å². The zero-order valence-electron chi connectivity index (χ0n) is 16.6. The summed E-state index contributed by atoms with van der Waals surface area (Å²) in [5, 5.41) is 3.37. The lowest BCUT2D eigenvalue weighted by atomic mass is 10.2. The standard InChI is InChI=1S/C21H23ClN4O3S/c1-15-24-18-5-2-3-6-19(18)25(15)14-12-23-21(27)20-7-4-13-26(20)30(28,29)17-10-8-16(22)9-11-17/h2-3,5-6,8-11,20H,4,7,12-14H2,1H3,(H,23,27)/t20-/m0/s1. The van der Waals surface area contributed by atoms with Crippen LogP contribution in [0.3, 0.4) is 0 Å². The maximum Gasteiger partial charge on any atom is 0.243 e. The van der Waals surface area contributed by atoms with E-state index in [0.29, 0.717) is 37.5 Å². The first-order valence-electron chi connectivity index (χ1n) is 9.85. The van der Waals surface area contributed by atoms with E-state index >= 15 is 0 Å². The van der Waals surface area contributed by atoms with Crippen molar-refractivity contribution in [2.75, 3.05) is 13.1 Å². The number of aryl methyl sites for hydroxylation is 1. The van der Waals surface area contributed by atoms with Crippen molar-refractivity contribution in [1.82, 2.24) is 19.2 Å². The molecule has 1 N–H and O–H groups in total. The first-order chi connectivity index (χ1) is 14.4. The molecule has 0 bridgehead atoms. The first-order valence-corrected chi connectivity index (χ1v) is 11.7. The maximum atomic E-state index is 13.0. The third-order valence-corrected chi connectivity index (χ3v) is 7.58. The van der Waals surface area contributed by atoms with E-state index in [9.17, 15) is 13.2 Å². The van der Waals surface area contributed by atoms with Crippen LogP contribution in [0.1, 0.15) is 18.7 Å². The third kappa shape index (κ3) is 3.95. The molecule has 1 saturated heterocycles. The van der Waals surface area contributed by atoms with Crippen molar-refractivity contribution in [3.63, 3.8) is 0 Å². The number of hydrogen-bond donors (Lipinski definition) is 1. The lowest BCUT2D eigenvalue weighted by molar-refractivity contribution is -0.124. The second-order valence-corrected chi connectivity index (χ2v) is 9.65. The predicted octanol–water partition coefficient (Wildman–Crippen LogP) is 2.97. The van der Waals surface area contributed by atoms with E-state index in [2.05, 4.69) is 10.3 Å². The fraction of sp³-hybridized carbons (Fsp3) is 0.333. The Hall–Kier alpha value is -2.42. The number of hydrogen-bond acceptors (Lipinski definition) is 4. The van der Waals surface area contributed by atoms with Gasteiger partial charge in [0.25, 0.3) is 0 Å². The van der Waals surface area contributed by atoms with Gasteiger partial charge in [0.2, 0.25) is 15.9 Å². The van der Waals surface area contributed by atoms with Crippen LogP contribution in [-0.4, -0.2) is 47.3 Å². The fourth-order valence-corrected chi connectivity index (χ4v) is 5.70. The molecule has 0 saturated carbocycles. The van der Waals surface area contributed by atoms with Gasteiger partial charge in [-0.3, -0.25) is 4.79 Å². The molecule has 3 aromatic rings. The molecule has 0 spiro atoms. The molecular formula is C21H23ClN4O3S. The van der Waals surface area contributed by atoms with Crippen LogP contribution in [0.25, 0.3) is 11.0 Å². The predicted molar refractivity (Wildman–Crippen MR) is 116 cm³/mol. The molecule has 2 heterocycles. The molecular weight excluding hydrogens is 424 g/mol. The molecule has 1 atom stereocenters. The van der Waals surface area contributed by atoms with Gasteiger partial charge >= 0.3 is 0 Å². The van der Waals surface area contributed by atoms with Crippen molar-refractivity contribution in [1.29, 1.82) is 0 Å². The van der Waals surface area contributed by atoms with Gasteiger partial charge in [0, 0.05) is 24.7 Å². The molecule has 1 aliphatic rings. The summed E-state index contributed by atoms with van der Waals surface area (Å²) in [6.07, 6.45) is 1.15. The third-order valence-electron chi connectivity index (χ3n) is 5.41. The van der Waals surface area contributed by atoms with E-state index in [0.717, 1.165) is 16.9 Å². The first kappa shape index (κ1) is 20.8. The van der Waals surface area contributed by atoms with Gasteiger partial charge in [0.05, 0.1) is 15.9 Å². The zero-order chi connectivity index (χ0) is 21.3. The van der Waals surface area contributed by atoms with E-state index < -0.39 is 16.1 Å². The van der Waals surface area contributed by atoms with Gasteiger partial charge in [-0.15, -0.1) is 0 Å². The van der Waals surface area contributed by atoms with Gasteiger partial charge in [0.15, 0.2) is 0 Å². The number of nitrogens with one attached hydrogen (secondary N) is 1. The number of benzene rings is 2. The summed E-state index contributed by atoms with van der Waals surface area (Å²) in [7, 11) is -3.75. The van der Waals surface area contributed by atoms with Crippen molar-refractivity contribution in [3.8, 4) is 0 Å². The summed E-state index contributed by atoms with van der Waals surface area (Å²) in [4.78, 5) is 17.5. The highest BCUT2D eigenvalue weighted by atomic mass is 35.5.